The Morgan fingerprint density at radius 2 is 1.71 bits per heavy atom. The number of hydrogen-bond donors (Lipinski definition) is 1. The SMILES string of the molecule is O=C(NCC(F)(F)F)C1CCN(S(=O)(=O)c2ccc(Cl)c(C(F)(F)F)c2)CC1. The fourth-order valence-electron chi connectivity index (χ4n) is 2.72. The summed E-state index contributed by atoms with van der Waals surface area (Å²) in [5.41, 5.74) is -1.29. The molecular formula is C15H15ClF6N2O3S. The van der Waals surface area contributed by atoms with Crippen molar-refractivity contribution < 1.29 is 39.6 Å². The average Bonchev–Trinajstić information content (AvgIpc) is 2.58. The van der Waals surface area contributed by atoms with Crippen LogP contribution in [0.1, 0.15) is 18.4 Å². The first kappa shape index (κ1) is 22.8. The maximum Gasteiger partial charge on any atom is 0.417 e. The third-order valence-corrected chi connectivity index (χ3v) is 6.39. The lowest BCUT2D eigenvalue weighted by molar-refractivity contribution is -0.141. The maximum absolute atomic E-state index is 12.9. The van der Waals surface area contributed by atoms with Crippen molar-refractivity contribution in [3.05, 3.63) is 28.8 Å². The molecule has 1 fully saturated rings. The van der Waals surface area contributed by atoms with E-state index in [9.17, 15) is 39.6 Å². The lowest BCUT2D eigenvalue weighted by Gasteiger charge is -2.30. The Bertz CT molecular complexity index is 833. The predicted molar refractivity (Wildman–Crippen MR) is 87.0 cm³/mol. The lowest BCUT2D eigenvalue weighted by atomic mass is 9.97. The van der Waals surface area contributed by atoms with Crippen LogP contribution in [0.2, 0.25) is 5.02 Å². The summed E-state index contributed by atoms with van der Waals surface area (Å²) in [4.78, 5) is 11.1. The molecule has 28 heavy (non-hydrogen) atoms. The minimum Gasteiger partial charge on any atom is -0.347 e. The molecule has 5 nitrogen and oxygen atoms in total. The van der Waals surface area contributed by atoms with Gasteiger partial charge in [0, 0.05) is 19.0 Å². The quantitative estimate of drug-likeness (QED) is 0.712. The standard InChI is InChI=1S/C15H15ClF6N2O3S/c16-12-2-1-10(7-11(12)15(20,21)22)28(26,27)24-5-3-9(4-6-24)13(25)23-8-14(17,18)19/h1-2,7,9H,3-6,8H2,(H,23,25). The molecule has 1 amide bonds. The van der Waals surface area contributed by atoms with Gasteiger partial charge in [0.15, 0.2) is 0 Å². The minimum absolute atomic E-state index is 0.0529. The zero-order valence-electron chi connectivity index (χ0n) is 14.1. The van der Waals surface area contributed by atoms with E-state index in [1.54, 1.807) is 5.32 Å². The Hall–Kier alpha value is -1.53. The third kappa shape index (κ3) is 5.51. The summed E-state index contributed by atoms with van der Waals surface area (Å²) >= 11 is 5.48. The number of amides is 1. The molecule has 1 aromatic carbocycles. The Morgan fingerprint density at radius 1 is 1.14 bits per heavy atom. The highest BCUT2D eigenvalue weighted by molar-refractivity contribution is 7.89. The van der Waals surface area contributed by atoms with Gasteiger partial charge in [0.1, 0.15) is 6.54 Å². The highest BCUT2D eigenvalue weighted by Gasteiger charge is 2.37. The molecule has 0 unspecified atom stereocenters. The van der Waals surface area contributed by atoms with Crippen LogP contribution in [0.3, 0.4) is 0 Å². The first-order chi connectivity index (χ1) is 12.7. The first-order valence-corrected chi connectivity index (χ1v) is 9.75. The molecule has 1 aliphatic rings. The maximum atomic E-state index is 12.9. The van der Waals surface area contributed by atoms with Crippen LogP contribution in [0.25, 0.3) is 0 Å². The van der Waals surface area contributed by atoms with Crippen molar-refractivity contribution in [2.24, 2.45) is 5.92 Å². The van der Waals surface area contributed by atoms with E-state index in [1.165, 1.54) is 0 Å². The average molecular weight is 453 g/mol. The van der Waals surface area contributed by atoms with Crippen molar-refractivity contribution in [1.82, 2.24) is 9.62 Å². The smallest absolute Gasteiger partial charge is 0.347 e. The molecular weight excluding hydrogens is 438 g/mol. The molecule has 1 saturated heterocycles. The van der Waals surface area contributed by atoms with Crippen molar-refractivity contribution in [2.45, 2.75) is 30.1 Å². The Kier molecular flexibility index (Phi) is 6.56. The molecule has 158 valence electrons. The Balaban J connectivity index is 2.08. The largest absolute Gasteiger partial charge is 0.417 e. The summed E-state index contributed by atoms with van der Waals surface area (Å²) in [6.07, 6.45) is -9.51. The van der Waals surface area contributed by atoms with Gasteiger partial charge in [-0.2, -0.15) is 30.6 Å². The number of halogens is 7. The summed E-state index contributed by atoms with van der Waals surface area (Å²) < 4.78 is 101. The van der Waals surface area contributed by atoms with E-state index < -0.39 is 56.2 Å². The van der Waals surface area contributed by atoms with Gasteiger partial charge in [-0.3, -0.25) is 4.79 Å². The number of carbonyl (C=O) groups is 1. The second kappa shape index (κ2) is 8.07. The van der Waals surface area contributed by atoms with Crippen LogP contribution in [-0.2, 0) is 21.0 Å². The van der Waals surface area contributed by atoms with E-state index in [0.29, 0.717) is 6.07 Å². The molecule has 2 rings (SSSR count). The minimum atomic E-state index is -4.84. The van der Waals surface area contributed by atoms with Crippen LogP contribution in [-0.4, -0.2) is 44.4 Å². The highest BCUT2D eigenvalue weighted by atomic mass is 35.5. The summed E-state index contributed by atoms with van der Waals surface area (Å²) in [7, 11) is -4.28. The van der Waals surface area contributed by atoms with Crippen LogP contribution in [0, 0.1) is 5.92 Å². The molecule has 0 atom stereocenters. The van der Waals surface area contributed by atoms with Crippen molar-refractivity contribution >= 4 is 27.5 Å². The van der Waals surface area contributed by atoms with Gasteiger partial charge in [-0.25, -0.2) is 8.42 Å². The van der Waals surface area contributed by atoms with E-state index in [-0.39, 0.29) is 25.9 Å². The number of piperidine rings is 1. The topological polar surface area (TPSA) is 66.5 Å². The zero-order chi connectivity index (χ0) is 21.3. The molecule has 1 N–H and O–H groups in total. The number of benzene rings is 1. The second-order valence-corrected chi connectivity index (χ2v) is 8.50. The Labute approximate surface area is 161 Å². The Morgan fingerprint density at radius 3 is 2.21 bits per heavy atom. The number of carbonyl (C=O) groups excluding carboxylic acids is 1. The molecule has 13 heteroatoms. The molecule has 1 aliphatic heterocycles. The molecule has 0 saturated carbocycles. The summed E-state index contributed by atoms with van der Waals surface area (Å²) in [6, 6.07) is 2.20. The van der Waals surface area contributed by atoms with E-state index in [2.05, 4.69) is 0 Å². The molecule has 0 aromatic heterocycles. The fraction of sp³-hybridized carbons (Fsp3) is 0.533. The number of nitrogens with one attached hydrogen (secondary N) is 1. The van der Waals surface area contributed by atoms with Crippen molar-refractivity contribution in [3.8, 4) is 0 Å². The third-order valence-electron chi connectivity index (χ3n) is 4.17. The number of sulfonamides is 1. The highest BCUT2D eigenvalue weighted by Crippen LogP contribution is 2.36. The van der Waals surface area contributed by atoms with Crippen LogP contribution < -0.4 is 5.32 Å². The van der Waals surface area contributed by atoms with Gasteiger partial charge < -0.3 is 5.32 Å². The van der Waals surface area contributed by atoms with Crippen LogP contribution in [0.4, 0.5) is 26.3 Å². The molecule has 0 bridgehead atoms. The van der Waals surface area contributed by atoms with E-state index in [4.69, 9.17) is 11.6 Å². The van der Waals surface area contributed by atoms with Gasteiger partial charge in [-0.05, 0) is 31.0 Å². The molecule has 0 aliphatic carbocycles. The zero-order valence-corrected chi connectivity index (χ0v) is 15.6. The fourth-order valence-corrected chi connectivity index (χ4v) is 4.44. The number of nitrogens with zero attached hydrogens (tertiary/aromatic N) is 1. The van der Waals surface area contributed by atoms with Gasteiger partial charge in [-0.1, -0.05) is 11.6 Å². The molecule has 0 spiro atoms. The molecule has 1 aromatic rings. The van der Waals surface area contributed by atoms with Gasteiger partial charge in [0.2, 0.25) is 15.9 Å². The number of alkyl halides is 6. The number of rotatable bonds is 4. The van der Waals surface area contributed by atoms with Gasteiger partial charge >= 0.3 is 12.4 Å². The molecule has 0 radical (unpaired) electrons. The second-order valence-electron chi connectivity index (χ2n) is 6.15. The van der Waals surface area contributed by atoms with E-state index in [0.717, 1.165) is 16.4 Å². The number of hydrogen-bond acceptors (Lipinski definition) is 3. The van der Waals surface area contributed by atoms with Crippen LogP contribution in [0.5, 0.6) is 0 Å². The lowest BCUT2D eigenvalue weighted by Crippen LogP contribution is -2.44. The van der Waals surface area contributed by atoms with Gasteiger partial charge in [0.25, 0.3) is 0 Å². The molecule has 1 heterocycles. The predicted octanol–water partition coefficient (Wildman–Crippen LogP) is 3.44. The normalized spacial score (nSPS) is 17.5. The van der Waals surface area contributed by atoms with E-state index in [1.807, 2.05) is 0 Å². The van der Waals surface area contributed by atoms with E-state index >= 15 is 0 Å². The van der Waals surface area contributed by atoms with Crippen molar-refractivity contribution in [2.75, 3.05) is 19.6 Å². The van der Waals surface area contributed by atoms with Crippen LogP contribution >= 0.6 is 11.6 Å². The van der Waals surface area contributed by atoms with Crippen molar-refractivity contribution in [3.63, 3.8) is 0 Å². The summed E-state index contributed by atoms with van der Waals surface area (Å²) in [6.45, 7) is -1.91. The van der Waals surface area contributed by atoms with Crippen molar-refractivity contribution in [1.29, 1.82) is 0 Å². The summed E-state index contributed by atoms with van der Waals surface area (Å²) in [5, 5.41) is 1.09. The summed E-state index contributed by atoms with van der Waals surface area (Å²) in [5.74, 6) is -1.66. The monoisotopic (exact) mass is 452 g/mol. The first-order valence-electron chi connectivity index (χ1n) is 7.93. The van der Waals surface area contributed by atoms with Crippen LogP contribution in [0.15, 0.2) is 23.1 Å². The van der Waals surface area contributed by atoms with Gasteiger partial charge in [-0.15, -0.1) is 0 Å². The van der Waals surface area contributed by atoms with Gasteiger partial charge in [0.05, 0.1) is 15.5 Å².